The largest absolute Gasteiger partial charge is 0.454 e. The predicted molar refractivity (Wildman–Crippen MR) is 340 cm³/mol. The van der Waals surface area contributed by atoms with Crippen molar-refractivity contribution in [2.45, 2.75) is 19.3 Å². The molecule has 0 radical (unpaired) electrons. The van der Waals surface area contributed by atoms with Gasteiger partial charge in [-0.25, -0.2) is 8.78 Å². The van der Waals surface area contributed by atoms with Crippen LogP contribution in [0.15, 0.2) is 270 Å². The van der Waals surface area contributed by atoms with Gasteiger partial charge >= 0.3 is 0 Å². The molecule has 2 aromatic heterocycles. The Morgan fingerprint density at radius 1 is 0.321 bits per heavy atom. The van der Waals surface area contributed by atoms with Gasteiger partial charge in [-0.1, -0.05) is 164 Å². The lowest BCUT2D eigenvalue weighted by Crippen LogP contribution is -2.36. The molecule has 0 atom stereocenters. The second-order valence-corrected chi connectivity index (χ2v) is 22.2. The number of fused-ring (bicyclic) bond motifs is 19. The van der Waals surface area contributed by atoms with Gasteiger partial charge in [-0.2, -0.15) is 0 Å². The molecule has 1 aliphatic heterocycles. The number of para-hydroxylation sites is 7. The van der Waals surface area contributed by atoms with Crippen molar-refractivity contribution in [3.05, 3.63) is 306 Å². The minimum absolute atomic E-state index is 0.327. The highest BCUT2D eigenvalue weighted by molar-refractivity contribution is 6.21. The molecule has 0 unspecified atom stereocenters. The summed E-state index contributed by atoms with van der Waals surface area (Å²) in [4.78, 5) is 6.94. The van der Waals surface area contributed by atoms with Crippen molar-refractivity contribution < 1.29 is 17.6 Å². The zero-order chi connectivity index (χ0) is 55.9. The Morgan fingerprint density at radius 2 is 0.690 bits per heavy atom. The van der Waals surface area contributed by atoms with E-state index in [0.29, 0.717) is 0 Å². The molecule has 0 saturated carbocycles. The Balaban J connectivity index is 1.05. The van der Waals surface area contributed by atoms with Crippen LogP contribution in [0.2, 0.25) is 0 Å². The summed E-state index contributed by atoms with van der Waals surface area (Å²) in [6, 6.07) is 89.6. The van der Waals surface area contributed by atoms with Crippen LogP contribution in [0.4, 0.5) is 60.0 Å². The summed E-state index contributed by atoms with van der Waals surface area (Å²) in [6.45, 7) is 4.17. The van der Waals surface area contributed by atoms with E-state index in [1.165, 1.54) is 24.3 Å². The number of rotatable bonds is 7. The first-order valence-electron chi connectivity index (χ1n) is 28.5. The molecule has 1 spiro atoms. The molecule has 0 bridgehead atoms. The fourth-order valence-electron chi connectivity index (χ4n) is 14.3. The molecule has 1 aliphatic carbocycles. The van der Waals surface area contributed by atoms with Gasteiger partial charge < -0.3 is 23.5 Å². The molecule has 13 aromatic carbocycles. The molecule has 0 fully saturated rings. The smallest absolute Gasteiger partial charge is 0.159 e. The zero-order valence-electron chi connectivity index (χ0n) is 45.7. The Hall–Kier alpha value is -10.8. The molecule has 84 heavy (non-hydrogen) atoms. The molecule has 0 N–H and O–H groups in total. The van der Waals surface area contributed by atoms with E-state index in [0.717, 1.165) is 161 Å². The van der Waals surface area contributed by atoms with Gasteiger partial charge in [-0.3, -0.25) is 0 Å². The minimum Gasteiger partial charge on any atom is -0.454 e. The van der Waals surface area contributed by atoms with E-state index in [-0.39, 0.29) is 11.6 Å². The molecule has 17 rings (SSSR count). The lowest BCUT2D eigenvalue weighted by Gasteiger charge is -2.45. The standard InChI is InChI=1S/C77H49F2N3O2/c1-46-18-14-26-57-59-28-16-34-67(75(59)83-73(46)57)81(51-40-36-48(78)37-41-51)69-44-63-71(55-24-8-6-22-53(55)69)72-56-25-9-7-23-54(56)70(82(52-42-38-49(79)39-43-52)68-35-17-29-60-58-27-15-19-47(2)74(58)84-76(60)68)45-64(72)77(63)61-30-10-12-32-65(61)80(50-20-4-3-5-21-50)66-33-13-11-31-62(66)77/h3-45H,1-2H3. The predicted octanol–water partition coefficient (Wildman–Crippen LogP) is 21.8. The van der Waals surface area contributed by atoms with E-state index in [1.54, 1.807) is 0 Å². The van der Waals surface area contributed by atoms with E-state index in [9.17, 15) is 0 Å². The first-order valence-corrected chi connectivity index (χ1v) is 28.5. The van der Waals surface area contributed by atoms with E-state index in [4.69, 9.17) is 8.83 Å². The first kappa shape index (κ1) is 48.0. The number of halogens is 2. The van der Waals surface area contributed by atoms with Crippen molar-refractivity contribution in [2.24, 2.45) is 0 Å². The topological polar surface area (TPSA) is 36.0 Å². The Labute approximate surface area is 482 Å². The number of anilines is 9. The van der Waals surface area contributed by atoms with Crippen LogP contribution in [0, 0.1) is 25.5 Å². The monoisotopic (exact) mass is 1090 g/mol. The first-order chi connectivity index (χ1) is 41.3. The van der Waals surface area contributed by atoms with Crippen LogP contribution in [-0.4, -0.2) is 0 Å². The van der Waals surface area contributed by atoms with Gasteiger partial charge in [0, 0.05) is 49.4 Å². The lowest BCUT2D eigenvalue weighted by molar-refractivity contribution is 0.627. The molecule has 0 saturated heterocycles. The van der Waals surface area contributed by atoms with Crippen LogP contribution in [0.25, 0.3) is 76.5 Å². The summed E-state index contributed by atoms with van der Waals surface area (Å²) in [5.74, 6) is -0.654. The number of hydrogen-bond acceptors (Lipinski definition) is 5. The lowest BCUT2D eigenvalue weighted by atomic mass is 9.64. The van der Waals surface area contributed by atoms with E-state index >= 15 is 8.78 Å². The molecule has 5 nitrogen and oxygen atoms in total. The fraction of sp³-hybridized carbons (Fsp3) is 0.0390. The Kier molecular flexibility index (Phi) is 10.4. The van der Waals surface area contributed by atoms with Gasteiger partial charge in [-0.05, 0) is 166 Å². The van der Waals surface area contributed by atoms with Gasteiger partial charge in [0.1, 0.15) is 22.8 Å². The van der Waals surface area contributed by atoms with Gasteiger partial charge in [-0.15, -0.1) is 0 Å². The summed E-state index contributed by atoms with van der Waals surface area (Å²) in [6.07, 6.45) is 0. The Bertz CT molecular complexity index is 4910. The molecular formula is C77H49F2N3O2. The highest BCUT2D eigenvalue weighted by atomic mass is 19.1. The molecule has 398 valence electrons. The minimum atomic E-state index is -1.01. The summed E-state index contributed by atoms with van der Waals surface area (Å²) in [7, 11) is 0. The molecule has 3 heterocycles. The van der Waals surface area contributed by atoms with Crippen LogP contribution < -0.4 is 14.7 Å². The number of nitrogens with zero attached hydrogens (tertiary/aromatic N) is 3. The highest BCUT2D eigenvalue weighted by Crippen LogP contribution is 2.67. The second-order valence-electron chi connectivity index (χ2n) is 22.2. The van der Waals surface area contributed by atoms with Crippen molar-refractivity contribution in [1.82, 2.24) is 0 Å². The van der Waals surface area contributed by atoms with Crippen molar-refractivity contribution in [3.8, 4) is 11.1 Å². The molecule has 7 heteroatoms. The quantitative estimate of drug-likeness (QED) is 0.159. The SMILES string of the molecule is Cc1cccc2c1oc1c(N(c3ccc(F)cc3)c3cc4c(c5ccccc35)-c3c(cc(N(c5ccc(F)cc5)c5cccc6c5oc5c(C)cccc56)c5ccccc35)C43c4ccccc4N(c4ccccc4)c4ccccc43)cccc12. The molecule has 2 aliphatic rings. The van der Waals surface area contributed by atoms with Gasteiger partial charge in [0.2, 0.25) is 0 Å². The normalized spacial score (nSPS) is 13.1. The average Bonchev–Trinajstić information content (AvgIpc) is 1.49. The van der Waals surface area contributed by atoms with Gasteiger partial charge in [0.05, 0.1) is 39.5 Å². The van der Waals surface area contributed by atoms with Crippen LogP contribution in [0.5, 0.6) is 0 Å². The van der Waals surface area contributed by atoms with E-state index < -0.39 is 5.41 Å². The number of aryl methyl sites for hydroxylation is 2. The third kappa shape index (κ3) is 6.69. The van der Waals surface area contributed by atoms with Crippen molar-refractivity contribution in [3.63, 3.8) is 0 Å². The van der Waals surface area contributed by atoms with Crippen molar-refractivity contribution >= 4 is 117 Å². The summed E-state index contributed by atoms with van der Waals surface area (Å²) in [5.41, 5.74) is 18.9. The average molecular weight is 1090 g/mol. The third-order valence-electron chi connectivity index (χ3n) is 17.7. The molecular weight excluding hydrogens is 1040 g/mol. The number of hydrogen-bond donors (Lipinski definition) is 0. The summed E-state index contributed by atoms with van der Waals surface area (Å²) in [5, 5.41) is 8.15. The van der Waals surface area contributed by atoms with Crippen LogP contribution in [-0.2, 0) is 5.41 Å². The zero-order valence-corrected chi connectivity index (χ0v) is 45.7. The maximum atomic E-state index is 15.4. The number of benzene rings is 13. The summed E-state index contributed by atoms with van der Waals surface area (Å²) < 4.78 is 44.8. The second kappa shape index (κ2) is 18.1. The molecule has 15 aromatic rings. The van der Waals surface area contributed by atoms with Crippen molar-refractivity contribution in [1.29, 1.82) is 0 Å². The van der Waals surface area contributed by atoms with E-state index in [2.05, 4.69) is 241 Å². The van der Waals surface area contributed by atoms with Crippen LogP contribution >= 0.6 is 0 Å². The highest BCUT2D eigenvalue weighted by Gasteiger charge is 2.54. The van der Waals surface area contributed by atoms with Crippen LogP contribution in [0.3, 0.4) is 0 Å². The maximum absolute atomic E-state index is 15.4. The fourth-order valence-corrected chi connectivity index (χ4v) is 14.3. The number of furan rings is 2. The van der Waals surface area contributed by atoms with Gasteiger partial charge in [0.15, 0.2) is 11.2 Å². The molecule has 0 amide bonds. The van der Waals surface area contributed by atoms with Gasteiger partial charge in [0.25, 0.3) is 0 Å². The Morgan fingerprint density at radius 3 is 1.14 bits per heavy atom. The summed E-state index contributed by atoms with van der Waals surface area (Å²) >= 11 is 0. The maximum Gasteiger partial charge on any atom is 0.159 e. The van der Waals surface area contributed by atoms with Crippen LogP contribution in [0.1, 0.15) is 33.4 Å². The van der Waals surface area contributed by atoms with Crippen molar-refractivity contribution in [2.75, 3.05) is 14.7 Å². The van der Waals surface area contributed by atoms with E-state index in [1.807, 2.05) is 24.3 Å². The third-order valence-corrected chi connectivity index (χ3v) is 17.7.